The molecule has 0 spiro atoms. The van der Waals surface area contributed by atoms with Crippen LogP contribution < -0.4 is 60.2 Å². The molecule has 12 nitrogen and oxygen atoms in total. The van der Waals surface area contributed by atoms with Gasteiger partial charge in [0.25, 0.3) is 0 Å². The second-order valence-corrected chi connectivity index (χ2v) is 8.31. The Hall–Kier alpha value is -3.22. The number of carboxylic acid groups (broad SMARTS) is 1. The van der Waals surface area contributed by atoms with Gasteiger partial charge in [-0.15, -0.1) is 4.73 Å². The van der Waals surface area contributed by atoms with E-state index < -0.39 is 25.7 Å². The Balaban J connectivity index is 0.00000361. The molecule has 2 aromatic heterocycles. The molecule has 182 valence electrons. The van der Waals surface area contributed by atoms with Crippen molar-refractivity contribution in [3.63, 3.8) is 0 Å². The number of hydrogen-bond donors (Lipinski definition) is 3. The van der Waals surface area contributed by atoms with Crippen LogP contribution in [0.1, 0.15) is 11.1 Å². The van der Waals surface area contributed by atoms with Gasteiger partial charge in [-0.25, -0.2) is 19.0 Å². The number of halogens is 1. The quantitative estimate of drug-likeness (QED) is 0.216. The van der Waals surface area contributed by atoms with E-state index in [-0.39, 0.29) is 52.4 Å². The van der Waals surface area contributed by atoms with E-state index in [1.165, 1.54) is 25.3 Å². The van der Waals surface area contributed by atoms with Crippen LogP contribution in [0.4, 0.5) is 32.3 Å². The van der Waals surface area contributed by atoms with Crippen molar-refractivity contribution in [3.05, 3.63) is 64.0 Å². The summed E-state index contributed by atoms with van der Waals surface area (Å²) in [6.07, 6.45) is 1.57. The Morgan fingerprint density at radius 1 is 1.19 bits per heavy atom. The summed E-state index contributed by atoms with van der Waals surface area (Å²) in [5.74, 6) is -0.798. The minimum absolute atomic E-state index is 0. The fourth-order valence-electron chi connectivity index (χ4n) is 3.11. The summed E-state index contributed by atoms with van der Waals surface area (Å²) >= 11 is 0. The third-order valence-corrected chi connectivity index (χ3v) is 5.41. The summed E-state index contributed by atoms with van der Waals surface area (Å²) in [6, 6.07) is 7.55. The normalized spacial score (nSPS) is 11.5. The SMILES string of the molecule is COc1cc(Nc2ncc(C)c(Nc3ccc4oc(=O)n(OP([O-])C(=O)O)c4c3)n2)cc(C)c1F.[Na+]. The number of anilines is 4. The first kappa shape index (κ1) is 27.4. The van der Waals surface area contributed by atoms with Gasteiger partial charge in [-0.05, 0) is 43.7 Å². The zero-order valence-corrected chi connectivity index (χ0v) is 22.4. The smallest absolute Gasteiger partial charge is 0.788 e. The number of rotatable bonds is 8. The van der Waals surface area contributed by atoms with Crippen LogP contribution in [0.2, 0.25) is 0 Å². The van der Waals surface area contributed by atoms with Crippen molar-refractivity contribution in [2.24, 2.45) is 0 Å². The number of oxazole rings is 1. The van der Waals surface area contributed by atoms with Crippen LogP contribution in [0.15, 0.2) is 45.7 Å². The molecule has 1 atom stereocenters. The van der Waals surface area contributed by atoms with Crippen LogP contribution in [0, 0.1) is 19.7 Å². The average molecular weight is 525 g/mol. The van der Waals surface area contributed by atoms with Gasteiger partial charge in [-0.3, -0.25) is 0 Å². The molecular weight excluding hydrogens is 507 g/mol. The number of aryl methyl sites for hydroxylation is 2. The van der Waals surface area contributed by atoms with Crippen LogP contribution in [0.25, 0.3) is 11.1 Å². The Morgan fingerprint density at radius 2 is 1.94 bits per heavy atom. The third kappa shape index (κ3) is 5.77. The third-order valence-electron chi connectivity index (χ3n) is 4.78. The van der Waals surface area contributed by atoms with E-state index in [0.717, 1.165) is 0 Å². The van der Waals surface area contributed by atoms with Gasteiger partial charge in [0.1, 0.15) is 11.3 Å². The van der Waals surface area contributed by atoms with Crippen molar-refractivity contribution in [1.29, 1.82) is 0 Å². The molecule has 0 radical (unpaired) electrons. The Bertz CT molecular complexity index is 1500. The van der Waals surface area contributed by atoms with E-state index in [1.807, 2.05) is 0 Å². The fourth-order valence-corrected chi connectivity index (χ4v) is 3.49. The average Bonchev–Trinajstić information content (AvgIpc) is 3.12. The monoisotopic (exact) mass is 525 g/mol. The molecule has 36 heavy (non-hydrogen) atoms. The molecule has 0 saturated heterocycles. The zero-order valence-electron chi connectivity index (χ0n) is 19.5. The maximum Gasteiger partial charge on any atom is 1.00 e. The maximum atomic E-state index is 14.1. The predicted octanol–water partition coefficient (Wildman–Crippen LogP) is 0.419. The second-order valence-electron chi connectivity index (χ2n) is 7.25. The largest absolute Gasteiger partial charge is 1.00 e. The van der Waals surface area contributed by atoms with Gasteiger partial charge < -0.3 is 34.4 Å². The molecule has 1 unspecified atom stereocenters. The van der Waals surface area contributed by atoms with E-state index >= 15 is 0 Å². The van der Waals surface area contributed by atoms with Crippen molar-refractivity contribution in [2.75, 3.05) is 17.7 Å². The van der Waals surface area contributed by atoms with Gasteiger partial charge in [0.15, 0.2) is 25.5 Å². The minimum Gasteiger partial charge on any atom is -0.788 e. The van der Waals surface area contributed by atoms with Crippen molar-refractivity contribution in [2.45, 2.75) is 13.8 Å². The molecule has 4 aromatic rings. The first-order chi connectivity index (χ1) is 16.7. The van der Waals surface area contributed by atoms with E-state index in [1.54, 1.807) is 32.2 Å². The minimum atomic E-state index is -3.19. The van der Waals surface area contributed by atoms with Crippen molar-refractivity contribution in [3.8, 4) is 5.75 Å². The van der Waals surface area contributed by atoms with Gasteiger partial charge in [0.05, 0.1) is 7.11 Å². The number of methoxy groups -OCH3 is 1. The van der Waals surface area contributed by atoms with Gasteiger partial charge in [0, 0.05) is 29.2 Å². The molecule has 4 rings (SSSR count). The maximum absolute atomic E-state index is 14.1. The van der Waals surface area contributed by atoms with Crippen molar-refractivity contribution >= 4 is 48.3 Å². The predicted molar refractivity (Wildman–Crippen MR) is 123 cm³/mol. The van der Waals surface area contributed by atoms with Crippen molar-refractivity contribution in [1.82, 2.24) is 14.7 Å². The van der Waals surface area contributed by atoms with Gasteiger partial charge in [-0.2, -0.15) is 4.98 Å². The van der Waals surface area contributed by atoms with Crippen LogP contribution in [0.5, 0.6) is 5.75 Å². The number of nitrogens with zero attached hydrogens (tertiary/aromatic N) is 3. The molecule has 0 aliphatic heterocycles. The molecule has 15 heteroatoms. The summed E-state index contributed by atoms with van der Waals surface area (Å²) in [4.78, 5) is 43.1. The molecule has 2 aromatic carbocycles. The van der Waals surface area contributed by atoms with Gasteiger partial charge >= 0.3 is 41.0 Å². The first-order valence-electron chi connectivity index (χ1n) is 9.92. The van der Waals surface area contributed by atoms with Crippen LogP contribution in [0.3, 0.4) is 0 Å². The number of carbonyl (C=O) groups is 1. The molecule has 0 aliphatic rings. The summed E-state index contributed by atoms with van der Waals surface area (Å²) in [5, 5.41) is 14.9. The summed E-state index contributed by atoms with van der Waals surface area (Å²) < 4.78 is 29.3. The Kier molecular flexibility index (Phi) is 8.54. The van der Waals surface area contributed by atoms with E-state index in [0.29, 0.717) is 33.0 Å². The summed E-state index contributed by atoms with van der Waals surface area (Å²) in [6.45, 7) is 3.37. The number of hydrogen-bond acceptors (Lipinski definition) is 10. The Labute approximate surface area is 226 Å². The van der Waals surface area contributed by atoms with Crippen molar-refractivity contribution < 1.29 is 62.5 Å². The topological polar surface area (TPSA) is 164 Å². The zero-order chi connectivity index (χ0) is 25.3. The molecule has 3 N–H and O–H groups in total. The van der Waals surface area contributed by atoms with E-state index in [2.05, 4.69) is 20.6 Å². The van der Waals surface area contributed by atoms with Crippen LogP contribution in [-0.4, -0.2) is 32.6 Å². The van der Waals surface area contributed by atoms with E-state index in [9.17, 15) is 18.9 Å². The number of fused-ring (bicyclic) bond motifs is 1. The first-order valence-corrected chi connectivity index (χ1v) is 11.1. The number of nitrogens with one attached hydrogen (secondary N) is 2. The number of ether oxygens (including phenoxy) is 1. The molecule has 2 heterocycles. The molecule has 0 saturated carbocycles. The van der Waals surface area contributed by atoms with Crippen LogP contribution in [-0.2, 0) is 0 Å². The van der Waals surface area contributed by atoms with Crippen LogP contribution >= 0.6 is 8.38 Å². The number of benzene rings is 2. The Morgan fingerprint density at radius 3 is 2.64 bits per heavy atom. The van der Waals surface area contributed by atoms with Gasteiger partial charge in [-0.1, -0.05) is 0 Å². The number of aromatic nitrogens is 3. The van der Waals surface area contributed by atoms with Gasteiger partial charge in [0.2, 0.25) is 5.95 Å². The standard InChI is InChI=1S/C21H18FN5O7P.Na/c1-10-6-13(8-16(32-3)17(10)22)25-19-23-9-11(2)18(26-19)24-12-4-5-15-14(7-12)27(20(28)33-15)34-35(31)21(29)30;/h4-9H,1-3H3,(H,29,30)(H2,23,24,25,26);/q-1;+1. The van der Waals surface area contributed by atoms with E-state index in [4.69, 9.17) is 18.9 Å². The molecule has 0 fully saturated rings. The second kappa shape index (κ2) is 11.2. The molecule has 0 bridgehead atoms. The molecule has 0 amide bonds. The molecular formula is C21H18FN5NaO7P. The summed E-state index contributed by atoms with van der Waals surface area (Å²) in [7, 11) is -1.82. The molecule has 0 aliphatic carbocycles. The fraction of sp³-hybridized carbons (Fsp3) is 0.143. The summed E-state index contributed by atoms with van der Waals surface area (Å²) in [5.41, 5.74) is 0.445.